The lowest BCUT2D eigenvalue weighted by atomic mass is 9.97. The number of para-hydroxylation sites is 1. The number of nitrogens with two attached hydrogens (primary N) is 1. The van der Waals surface area contributed by atoms with Crippen LogP contribution >= 0.6 is 0 Å². The number of benzene rings is 1. The molecule has 2 heterocycles. The van der Waals surface area contributed by atoms with Gasteiger partial charge in [-0.15, -0.1) is 0 Å². The number of hydrogen-bond donors (Lipinski definition) is 2. The van der Waals surface area contributed by atoms with Crippen LogP contribution in [0, 0.1) is 5.92 Å². The number of rotatable bonds is 2. The Balaban J connectivity index is 1.87. The second-order valence-corrected chi connectivity index (χ2v) is 5.09. The molecule has 3 N–H and O–H groups in total. The predicted molar refractivity (Wildman–Crippen MR) is 77.4 cm³/mol. The van der Waals surface area contributed by atoms with E-state index < -0.39 is 0 Å². The van der Waals surface area contributed by atoms with E-state index in [1.54, 1.807) is 13.1 Å². The molecule has 6 nitrogen and oxygen atoms in total. The Morgan fingerprint density at radius 2 is 2.40 bits per heavy atom. The van der Waals surface area contributed by atoms with E-state index in [0.29, 0.717) is 29.3 Å². The van der Waals surface area contributed by atoms with Crippen LogP contribution in [0.4, 0.5) is 11.7 Å². The Morgan fingerprint density at radius 3 is 3.15 bits per heavy atom. The maximum Gasteiger partial charge on any atom is 0.298 e. The molecular formula is C14H18N4O2. The second kappa shape index (κ2) is 5.03. The highest BCUT2D eigenvalue weighted by Gasteiger charge is 2.27. The van der Waals surface area contributed by atoms with Gasteiger partial charge in [-0.05, 0) is 25.0 Å². The Bertz CT molecular complexity index is 637. The van der Waals surface area contributed by atoms with Gasteiger partial charge in [0.05, 0.1) is 11.6 Å². The molecule has 0 radical (unpaired) electrons. The van der Waals surface area contributed by atoms with E-state index in [4.69, 9.17) is 10.2 Å². The maximum atomic E-state index is 11.8. The van der Waals surface area contributed by atoms with Crippen LogP contribution in [-0.4, -0.2) is 31.0 Å². The molecule has 1 fully saturated rings. The summed E-state index contributed by atoms with van der Waals surface area (Å²) in [5, 5.41) is 2.71. The number of oxazole rings is 1. The molecule has 1 aromatic carbocycles. The molecule has 106 valence electrons. The summed E-state index contributed by atoms with van der Waals surface area (Å²) in [5.41, 5.74) is 7.87. The highest BCUT2D eigenvalue weighted by Crippen LogP contribution is 2.28. The van der Waals surface area contributed by atoms with Gasteiger partial charge in [-0.3, -0.25) is 4.79 Å². The van der Waals surface area contributed by atoms with E-state index in [1.807, 2.05) is 17.0 Å². The van der Waals surface area contributed by atoms with Gasteiger partial charge in [0.2, 0.25) is 5.91 Å². The van der Waals surface area contributed by atoms with Gasteiger partial charge in [0.25, 0.3) is 6.01 Å². The first-order valence-corrected chi connectivity index (χ1v) is 6.80. The molecule has 1 saturated heterocycles. The smallest absolute Gasteiger partial charge is 0.298 e. The van der Waals surface area contributed by atoms with Crippen molar-refractivity contribution in [2.24, 2.45) is 5.92 Å². The minimum Gasteiger partial charge on any atom is -0.423 e. The van der Waals surface area contributed by atoms with Crippen LogP contribution in [0.5, 0.6) is 0 Å². The van der Waals surface area contributed by atoms with E-state index in [1.165, 1.54) is 0 Å². The predicted octanol–water partition coefficient (Wildman–Crippen LogP) is 1.37. The summed E-state index contributed by atoms with van der Waals surface area (Å²) in [7, 11) is 1.67. The zero-order valence-electron chi connectivity index (χ0n) is 11.4. The summed E-state index contributed by atoms with van der Waals surface area (Å²) < 4.78 is 5.75. The van der Waals surface area contributed by atoms with Crippen LogP contribution in [0.3, 0.4) is 0 Å². The van der Waals surface area contributed by atoms with Crippen LogP contribution in [0.15, 0.2) is 22.6 Å². The molecule has 1 aliphatic heterocycles. The van der Waals surface area contributed by atoms with E-state index in [2.05, 4.69) is 10.3 Å². The first kappa shape index (κ1) is 12.8. The molecule has 0 spiro atoms. The topological polar surface area (TPSA) is 84.4 Å². The molecule has 0 saturated carbocycles. The Hall–Kier alpha value is -2.24. The standard InChI is InChI=1S/C14H18N4O2/c1-16-13(19)9-4-3-7-18(8-9)14-17-12-10(15)5-2-6-11(12)20-14/h2,5-6,9H,3-4,7-8,15H2,1H3,(H,16,19). The van der Waals surface area contributed by atoms with Crippen molar-refractivity contribution in [2.75, 3.05) is 30.8 Å². The Kier molecular flexibility index (Phi) is 3.22. The summed E-state index contributed by atoms with van der Waals surface area (Å²) in [5.74, 6) is 0.0615. The third-order valence-electron chi connectivity index (χ3n) is 3.75. The number of anilines is 2. The van der Waals surface area contributed by atoms with Crippen LogP contribution in [-0.2, 0) is 4.79 Å². The number of amides is 1. The number of nitrogens with zero attached hydrogens (tertiary/aromatic N) is 2. The van der Waals surface area contributed by atoms with Gasteiger partial charge in [-0.1, -0.05) is 6.07 Å². The van der Waals surface area contributed by atoms with Crippen molar-refractivity contribution in [3.8, 4) is 0 Å². The minimum absolute atomic E-state index is 0.0129. The first-order valence-electron chi connectivity index (χ1n) is 6.80. The second-order valence-electron chi connectivity index (χ2n) is 5.09. The molecule has 1 amide bonds. The highest BCUT2D eigenvalue weighted by atomic mass is 16.4. The van der Waals surface area contributed by atoms with Gasteiger partial charge < -0.3 is 20.4 Å². The summed E-state index contributed by atoms with van der Waals surface area (Å²) in [6, 6.07) is 6.04. The number of nitrogens with one attached hydrogen (secondary N) is 1. The van der Waals surface area contributed by atoms with Gasteiger partial charge in [0.1, 0.15) is 5.52 Å². The monoisotopic (exact) mass is 274 g/mol. The maximum absolute atomic E-state index is 11.8. The van der Waals surface area contributed by atoms with Crippen molar-refractivity contribution in [1.82, 2.24) is 10.3 Å². The molecule has 20 heavy (non-hydrogen) atoms. The number of aromatic nitrogens is 1. The van der Waals surface area contributed by atoms with Crippen molar-refractivity contribution in [1.29, 1.82) is 0 Å². The largest absolute Gasteiger partial charge is 0.423 e. The van der Waals surface area contributed by atoms with E-state index in [0.717, 1.165) is 19.4 Å². The van der Waals surface area contributed by atoms with Crippen molar-refractivity contribution in [2.45, 2.75) is 12.8 Å². The normalized spacial score (nSPS) is 19.2. The molecular weight excluding hydrogens is 256 g/mol. The third kappa shape index (κ3) is 2.17. The minimum atomic E-state index is -0.0129. The average molecular weight is 274 g/mol. The average Bonchev–Trinajstić information content (AvgIpc) is 2.92. The fourth-order valence-corrected chi connectivity index (χ4v) is 2.66. The molecule has 1 aromatic heterocycles. The Labute approximate surface area is 116 Å². The molecule has 1 unspecified atom stereocenters. The molecule has 1 aliphatic rings. The van der Waals surface area contributed by atoms with Gasteiger partial charge in [-0.2, -0.15) is 4.98 Å². The molecule has 0 aliphatic carbocycles. The van der Waals surface area contributed by atoms with E-state index in [9.17, 15) is 4.79 Å². The quantitative estimate of drug-likeness (QED) is 0.808. The molecule has 0 bridgehead atoms. The van der Waals surface area contributed by atoms with E-state index >= 15 is 0 Å². The molecule has 1 atom stereocenters. The fourth-order valence-electron chi connectivity index (χ4n) is 2.66. The SMILES string of the molecule is CNC(=O)C1CCCN(c2nc3c(N)cccc3o2)C1. The van der Waals surface area contributed by atoms with Crippen molar-refractivity contribution < 1.29 is 9.21 Å². The number of piperidine rings is 1. The molecule has 6 heteroatoms. The van der Waals surface area contributed by atoms with Gasteiger partial charge in [0, 0.05) is 20.1 Å². The lowest BCUT2D eigenvalue weighted by molar-refractivity contribution is -0.124. The van der Waals surface area contributed by atoms with Crippen LogP contribution < -0.4 is 16.0 Å². The highest BCUT2D eigenvalue weighted by molar-refractivity contribution is 5.86. The number of carbonyl (C=O) groups excluding carboxylic acids is 1. The zero-order valence-corrected chi connectivity index (χ0v) is 11.4. The summed E-state index contributed by atoms with van der Waals surface area (Å²) in [6.45, 7) is 1.48. The van der Waals surface area contributed by atoms with E-state index in [-0.39, 0.29) is 11.8 Å². The number of nitrogen functional groups attached to an aromatic ring is 1. The van der Waals surface area contributed by atoms with Gasteiger partial charge in [-0.25, -0.2) is 0 Å². The number of hydrogen-bond acceptors (Lipinski definition) is 5. The molecule has 3 rings (SSSR count). The summed E-state index contributed by atoms with van der Waals surface area (Å²) in [4.78, 5) is 18.2. The third-order valence-corrected chi connectivity index (χ3v) is 3.75. The van der Waals surface area contributed by atoms with Gasteiger partial charge >= 0.3 is 0 Å². The van der Waals surface area contributed by atoms with Crippen LogP contribution in [0.2, 0.25) is 0 Å². The van der Waals surface area contributed by atoms with Crippen molar-refractivity contribution in [3.05, 3.63) is 18.2 Å². The Morgan fingerprint density at radius 1 is 1.55 bits per heavy atom. The van der Waals surface area contributed by atoms with Gasteiger partial charge in [0.15, 0.2) is 5.58 Å². The number of carbonyl (C=O) groups is 1. The van der Waals surface area contributed by atoms with Crippen LogP contribution in [0.25, 0.3) is 11.1 Å². The lowest BCUT2D eigenvalue weighted by Gasteiger charge is -2.30. The number of fused-ring (bicyclic) bond motifs is 1. The van der Waals surface area contributed by atoms with Crippen molar-refractivity contribution in [3.63, 3.8) is 0 Å². The summed E-state index contributed by atoms with van der Waals surface area (Å²) >= 11 is 0. The summed E-state index contributed by atoms with van der Waals surface area (Å²) in [6.07, 6.45) is 1.85. The van der Waals surface area contributed by atoms with Crippen molar-refractivity contribution >= 4 is 28.7 Å². The van der Waals surface area contributed by atoms with Crippen LogP contribution in [0.1, 0.15) is 12.8 Å². The molecule has 2 aromatic rings. The lowest BCUT2D eigenvalue weighted by Crippen LogP contribution is -2.42. The zero-order chi connectivity index (χ0) is 14.1. The first-order chi connectivity index (χ1) is 9.69. The fraction of sp³-hybridized carbons (Fsp3) is 0.429.